The zero-order chi connectivity index (χ0) is 21.3. The number of aliphatic hydroxyl groups excluding tert-OH is 1. The zero-order valence-electron chi connectivity index (χ0n) is 16.9. The first-order chi connectivity index (χ1) is 14.5. The number of aromatic amines is 1. The van der Waals surface area contributed by atoms with Crippen LogP contribution in [0.3, 0.4) is 0 Å². The van der Waals surface area contributed by atoms with Crippen molar-refractivity contribution in [2.24, 2.45) is 0 Å². The van der Waals surface area contributed by atoms with Crippen LogP contribution in [0.25, 0.3) is 16.7 Å². The van der Waals surface area contributed by atoms with Gasteiger partial charge in [0.25, 0.3) is 5.56 Å². The molecule has 4 aromatic rings. The van der Waals surface area contributed by atoms with Gasteiger partial charge in [-0.1, -0.05) is 6.07 Å². The van der Waals surface area contributed by atoms with Crippen LogP contribution in [0.5, 0.6) is 11.5 Å². The number of hydrogen-bond acceptors (Lipinski definition) is 6. The molecule has 0 saturated heterocycles. The number of ether oxygens (including phenoxy) is 2. The predicted octanol–water partition coefficient (Wildman–Crippen LogP) is 2.56. The van der Waals surface area contributed by atoms with Gasteiger partial charge in [-0.2, -0.15) is 0 Å². The Kier molecular flexibility index (Phi) is 5.24. The van der Waals surface area contributed by atoms with Crippen LogP contribution in [-0.2, 0) is 0 Å². The van der Waals surface area contributed by atoms with Gasteiger partial charge in [0.05, 0.1) is 37.6 Å². The highest BCUT2D eigenvalue weighted by atomic mass is 16.5. The van der Waals surface area contributed by atoms with E-state index in [1.165, 1.54) is 14.2 Å². The SMILES string of the molecule is COc1cc2nc(C(CO)c3ccc(-n4ccc(C)c4)nc3)[nH]c(=O)c2cc1OC. The second-order valence-electron chi connectivity index (χ2n) is 6.96. The molecule has 1 aromatic carbocycles. The maximum atomic E-state index is 12.7. The van der Waals surface area contributed by atoms with Crippen molar-refractivity contribution in [1.82, 2.24) is 19.5 Å². The van der Waals surface area contributed by atoms with Crippen LogP contribution < -0.4 is 15.0 Å². The van der Waals surface area contributed by atoms with Gasteiger partial charge in [0.1, 0.15) is 11.6 Å². The van der Waals surface area contributed by atoms with Crippen LogP contribution in [0.2, 0.25) is 0 Å². The van der Waals surface area contributed by atoms with E-state index in [9.17, 15) is 9.90 Å². The minimum absolute atomic E-state index is 0.231. The van der Waals surface area contributed by atoms with Gasteiger partial charge in [0.15, 0.2) is 11.5 Å². The number of pyridine rings is 1. The first-order valence-electron chi connectivity index (χ1n) is 9.41. The van der Waals surface area contributed by atoms with Gasteiger partial charge in [0, 0.05) is 24.7 Å². The summed E-state index contributed by atoms with van der Waals surface area (Å²) in [5.41, 5.74) is 2.02. The average Bonchev–Trinajstić information content (AvgIpc) is 3.20. The van der Waals surface area contributed by atoms with Crippen LogP contribution in [-0.4, -0.2) is 45.5 Å². The van der Waals surface area contributed by atoms with Gasteiger partial charge in [-0.05, 0) is 36.2 Å². The fraction of sp³-hybridized carbons (Fsp3) is 0.227. The van der Waals surface area contributed by atoms with Crippen LogP contribution in [0.1, 0.15) is 22.9 Å². The average molecular weight is 406 g/mol. The van der Waals surface area contributed by atoms with Crippen molar-refractivity contribution in [1.29, 1.82) is 0 Å². The number of aromatic nitrogens is 4. The predicted molar refractivity (Wildman–Crippen MR) is 113 cm³/mol. The molecule has 8 heteroatoms. The molecular formula is C22H22N4O4. The molecule has 3 heterocycles. The van der Waals surface area contributed by atoms with E-state index in [1.54, 1.807) is 18.3 Å². The molecule has 0 spiro atoms. The second kappa shape index (κ2) is 8.00. The van der Waals surface area contributed by atoms with Crippen molar-refractivity contribution >= 4 is 10.9 Å². The van der Waals surface area contributed by atoms with Crippen LogP contribution in [0.4, 0.5) is 0 Å². The first kappa shape index (κ1) is 19.7. The third kappa shape index (κ3) is 3.53. The number of H-pyrrole nitrogens is 1. The zero-order valence-corrected chi connectivity index (χ0v) is 16.9. The fourth-order valence-electron chi connectivity index (χ4n) is 3.40. The molecule has 2 N–H and O–H groups in total. The van der Waals surface area contributed by atoms with Crippen molar-refractivity contribution in [3.63, 3.8) is 0 Å². The van der Waals surface area contributed by atoms with E-state index in [4.69, 9.17) is 9.47 Å². The molecule has 1 unspecified atom stereocenters. The van der Waals surface area contributed by atoms with E-state index in [0.717, 1.165) is 16.9 Å². The Balaban J connectivity index is 1.74. The molecule has 4 rings (SSSR count). The largest absolute Gasteiger partial charge is 0.493 e. The van der Waals surface area contributed by atoms with E-state index in [1.807, 2.05) is 42.1 Å². The number of aliphatic hydroxyl groups is 1. The quantitative estimate of drug-likeness (QED) is 0.510. The van der Waals surface area contributed by atoms with Gasteiger partial charge >= 0.3 is 0 Å². The molecule has 8 nitrogen and oxygen atoms in total. The Morgan fingerprint density at radius 3 is 2.53 bits per heavy atom. The van der Waals surface area contributed by atoms with Crippen molar-refractivity contribution in [2.75, 3.05) is 20.8 Å². The summed E-state index contributed by atoms with van der Waals surface area (Å²) < 4.78 is 12.5. The lowest BCUT2D eigenvalue weighted by Crippen LogP contribution is -2.18. The number of nitrogens with one attached hydrogen (secondary N) is 1. The maximum Gasteiger partial charge on any atom is 0.258 e. The van der Waals surface area contributed by atoms with Crippen LogP contribution >= 0.6 is 0 Å². The minimum Gasteiger partial charge on any atom is -0.493 e. The van der Waals surface area contributed by atoms with E-state index in [-0.39, 0.29) is 12.2 Å². The molecule has 1 atom stereocenters. The molecule has 0 aliphatic carbocycles. The number of nitrogens with zero attached hydrogens (tertiary/aromatic N) is 3. The highest BCUT2D eigenvalue weighted by Crippen LogP contribution is 2.31. The molecule has 0 fully saturated rings. The number of fused-ring (bicyclic) bond motifs is 1. The molecule has 0 aliphatic rings. The van der Waals surface area contributed by atoms with Gasteiger partial charge in [0.2, 0.25) is 0 Å². The molecule has 0 bridgehead atoms. The summed E-state index contributed by atoms with van der Waals surface area (Å²) in [6, 6.07) is 8.98. The Morgan fingerprint density at radius 2 is 1.93 bits per heavy atom. The number of methoxy groups -OCH3 is 2. The summed E-state index contributed by atoms with van der Waals surface area (Å²) in [6.07, 6.45) is 5.60. The van der Waals surface area contributed by atoms with E-state index in [0.29, 0.717) is 28.2 Å². The summed E-state index contributed by atoms with van der Waals surface area (Å²) in [5.74, 6) is 1.52. The molecule has 0 amide bonds. The van der Waals surface area contributed by atoms with E-state index >= 15 is 0 Å². The van der Waals surface area contributed by atoms with Crippen molar-refractivity contribution < 1.29 is 14.6 Å². The summed E-state index contributed by atoms with van der Waals surface area (Å²) in [4.78, 5) is 24.5. The summed E-state index contributed by atoms with van der Waals surface area (Å²) in [5, 5.41) is 10.4. The molecule has 30 heavy (non-hydrogen) atoms. The second-order valence-corrected chi connectivity index (χ2v) is 6.96. The third-order valence-electron chi connectivity index (χ3n) is 5.02. The molecule has 0 radical (unpaired) electrons. The normalized spacial score (nSPS) is 12.1. The number of hydrogen-bond donors (Lipinski definition) is 2. The first-order valence-corrected chi connectivity index (χ1v) is 9.41. The smallest absolute Gasteiger partial charge is 0.258 e. The van der Waals surface area contributed by atoms with Crippen LogP contribution in [0.15, 0.2) is 53.7 Å². The van der Waals surface area contributed by atoms with Gasteiger partial charge in [-0.3, -0.25) is 4.79 Å². The topological polar surface area (TPSA) is 102 Å². The Bertz CT molecular complexity index is 1240. The lowest BCUT2D eigenvalue weighted by Gasteiger charge is -2.15. The van der Waals surface area contributed by atoms with Crippen molar-refractivity contribution in [3.8, 4) is 17.3 Å². The standard InChI is InChI=1S/C22H22N4O4/c1-13-6-7-26(11-13)20-5-4-14(10-23-20)16(12-27)21-24-17-9-19(30-3)18(29-2)8-15(17)22(28)25-21/h4-11,16,27H,12H2,1-3H3,(H,24,25,28). The third-order valence-corrected chi connectivity index (χ3v) is 5.02. The van der Waals surface area contributed by atoms with E-state index in [2.05, 4.69) is 15.0 Å². The monoisotopic (exact) mass is 406 g/mol. The van der Waals surface area contributed by atoms with Gasteiger partial charge < -0.3 is 24.1 Å². The van der Waals surface area contributed by atoms with Gasteiger partial charge in [-0.25, -0.2) is 9.97 Å². The lowest BCUT2D eigenvalue weighted by molar-refractivity contribution is 0.276. The highest BCUT2D eigenvalue weighted by Gasteiger charge is 2.19. The highest BCUT2D eigenvalue weighted by molar-refractivity contribution is 5.81. The van der Waals surface area contributed by atoms with Crippen molar-refractivity contribution in [3.05, 3.63) is 76.2 Å². The van der Waals surface area contributed by atoms with E-state index < -0.39 is 5.92 Å². The molecule has 154 valence electrons. The fourth-order valence-corrected chi connectivity index (χ4v) is 3.40. The molecule has 0 aliphatic heterocycles. The van der Waals surface area contributed by atoms with Gasteiger partial charge in [-0.15, -0.1) is 0 Å². The number of aryl methyl sites for hydroxylation is 1. The molecular weight excluding hydrogens is 384 g/mol. The number of benzene rings is 1. The summed E-state index contributed by atoms with van der Waals surface area (Å²) in [7, 11) is 3.03. The Morgan fingerprint density at radius 1 is 1.17 bits per heavy atom. The molecule has 3 aromatic heterocycles. The summed E-state index contributed by atoms with van der Waals surface area (Å²) >= 11 is 0. The summed E-state index contributed by atoms with van der Waals surface area (Å²) in [6.45, 7) is 1.78. The maximum absolute atomic E-state index is 12.7. The number of rotatable bonds is 6. The minimum atomic E-state index is -0.525. The Labute approximate surface area is 172 Å². The van der Waals surface area contributed by atoms with Crippen LogP contribution in [0, 0.1) is 6.92 Å². The van der Waals surface area contributed by atoms with Crippen molar-refractivity contribution in [2.45, 2.75) is 12.8 Å². The Hall–Kier alpha value is -3.65. The molecule has 0 saturated carbocycles. The lowest BCUT2D eigenvalue weighted by atomic mass is 10.0.